The molecule has 2 aliphatic rings. The molecule has 142 valence electrons. The van der Waals surface area contributed by atoms with Crippen molar-refractivity contribution in [2.75, 3.05) is 18.0 Å². The van der Waals surface area contributed by atoms with Crippen LogP contribution in [0.2, 0.25) is 0 Å². The minimum absolute atomic E-state index is 0.0731. The molecule has 0 atom stereocenters. The van der Waals surface area contributed by atoms with Gasteiger partial charge in [-0.15, -0.1) is 5.10 Å². The molecule has 0 saturated carbocycles. The maximum absolute atomic E-state index is 12.1. The average Bonchev–Trinajstić information content (AvgIpc) is 3.12. The molecule has 1 aliphatic carbocycles. The van der Waals surface area contributed by atoms with Gasteiger partial charge in [-0.3, -0.25) is 4.79 Å². The van der Waals surface area contributed by atoms with E-state index in [9.17, 15) is 4.79 Å². The van der Waals surface area contributed by atoms with E-state index in [1.54, 1.807) is 12.2 Å². The summed E-state index contributed by atoms with van der Waals surface area (Å²) in [5.41, 5.74) is 2.53. The third kappa shape index (κ3) is 4.38. The SMILES string of the molecule is Cc1ccc(/C=C/C(=O)NC2CCN(c3cc4c(nn3)CCCC4)CC2)o1. The highest BCUT2D eigenvalue weighted by atomic mass is 16.3. The van der Waals surface area contributed by atoms with Crippen LogP contribution in [0.25, 0.3) is 6.08 Å². The van der Waals surface area contributed by atoms with Crippen LogP contribution in [0, 0.1) is 6.92 Å². The first-order valence-electron chi connectivity index (χ1n) is 9.83. The molecule has 2 aromatic heterocycles. The van der Waals surface area contributed by atoms with E-state index in [2.05, 4.69) is 26.5 Å². The van der Waals surface area contributed by atoms with E-state index in [4.69, 9.17) is 4.42 Å². The largest absolute Gasteiger partial charge is 0.462 e. The van der Waals surface area contributed by atoms with Gasteiger partial charge < -0.3 is 14.6 Å². The first kappa shape index (κ1) is 17.8. The third-order valence-corrected chi connectivity index (χ3v) is 5.38. The highest BCUT2D eigenvalue weighted by Crippen LogP contribution is 2.24. The maximum atomic E-state index is 12.1. The summed E-state index contributed by atoms with van der Waals surface area (Å²) in [5.74, 6) is 2.45. The maximum Gasteiger partial charge on any atom is 0.244 e. The van der Waals surface area contributed by atoms with Crippen molar-refractivity contribution in [3.05, 3.63) is 47.1 Å². The summed E-state index contributed by atoms with van der Waals surface area (Å²) in [7, 11) is 0. The molecule has 2 aromatic rings. The number of fused-ring (bicyclic) bond motifs is 1. The number of rotatable bonds is 4. The molecule has 0 bridgehead atoms. The first-order chi connectivity index (χ1) is 13.2. The van der Waals surface area contributed by atoms with Gasteiger partial charge in [0, 0.05) is 25.2 Å². The lowest BCUT2D eigenvalue weighted by Crippen LogP contribution is -2.44. The molecule has 3 heterocycles. The zero-order valence-electron chi connectivity index (χ0n) is 15.8. The fraction of sp³-hybridized carbons (Fsp3) is 0.476. The Bertz CT molecular complexity index is 834. The van der Waals surface area contributed by atoms with Gasteiger partial charge in [-0.2, -0.15) is 5.10 Å². The minimum Gasteiger partial charge on any atom is -0.462 e. The van der Waals surface area contributed by atoms with E-state index in [0.717, 1.165) is 50.4 Å². The smallest absolute Gasteiger partial charge is 0.244 e. The fourth-order valence-electron chi connectivity index (χ4n) is 3.84. The summed E-state index contributed by atoms with van der Waals surface area (Å²) in [5, 5.41) is 12.0. The fourth-order valence-corrected chi connectivity index (χ4v) is 3.84. The van der Waals surface area contributed by atoms with Crippen LogP contribution in [0.4, 0.5) is 5.82 Å². The lowest BCUT2D eigenvalue weighted by Gasteiger charge is -2.33. The molecule has 1 amide bonds. The quantitative estimate of drug-likeness (QED) is 0.842. The zero-order valence-corrected chi connectivity index (χ0v) is 15.8. The van der Waals surface area contributed by atoms with Gasteiger partial charge in [-0.1, -0.05) is 0 Å². The van der Waals surface area contributed by atoms with Crippen molar-refractivity contribution >= 4 is 17.8 Å². The monoisotopic (exact) mass is 366 g/mol. The van der Waals surface area contributed by atoms with Crippen LogP contribution >= 0.6 is 0 Å². The molecule has 0 aromatic carbocycles. The lowest BCUT2D eigenvalue weighted by molar-refractivity contribution is -0.117. The average molecular weight is 366 g/mol. The Labute approximate surface area is 159 Å². The highest BCUT2D eigenvalue weighted by Gasteiger charge is 2.22. The van der Waals surface area contributed by atoms with Crippen LogP contribution in [-0.4, -0.2) is 35.2 Å². The van der Waals surface area contributed by atoms with E-state index >= 15 is 0 Å². The van der Waals surface area contributed by atoms with Crippen LogP contribution in [0.1, 0.15) is 48.5 Å². The second-order valence-corrected chi connectivity index (χ2v) is 7.43. The van der Waals surface area contributed by atoms with Crippen LogP contribution in [-0.2, 0) is 17.6 Å². The van der Waals surface area contributed by atoms with E-state index in [1.807, 2.05) is 19.1 Å². The van der Waals surface area contributed by atoms with Gasteiger partial charge in [0.25, 0.3) is 0 Å². The molecule has 0 radical (unpaired) electrons. The van der Waals surface area contributed by atoms with Gasteiger partial charge in [-0.05, 0) is 75.3 Å². The molecule has 6 nitrogen and oxygen atoms in total. The molecule has 0 spiro atoms. The normalized spacial score (nSPS) is 17.9. The summed E-state index contributed by atoms with van der Waals surface area (Å²) in [4.78, 5) is 14.4. The summed E-state index contributed by atoms with van der Waals surface area (Å²) < 4.78 is 5.44. The summed E-state index contributed by atoms with van der Waals surface area (Å²) in [6, 6.07) is 6.16. The number of hydrogen-bond acceptors (Lipinski definition) is 5. The van der Waals surface area contributed by atoms with E-state index in [-0.39, 0.29) is 11.9 Å². The topological polar surface area (TPSA) is 71.3 Å². The molecule has 1 saturated heterocycles. The van der Waals surface area contributed by atoms with E-state index in [1.165, 1.54) is 24.1 Å². The van der Waals surface area contributed by atoms with Crippen molar-refractivity contribution < 1.29 is 9.21 Å². The van der Waals surface area contributed by atoms with Gasteiger partial charge in [0.05, 0.1) is 5.69 Å². The van der Waals surface area contributed by atoms with Crippen molar-refractivity contribution in [3.63, 3.8) is 0 Å². The molecule has 4 rings (SSSR count). The number of nitrogens with one attached hydrogen (secondary N) is 1. The highest BCUT2D eigenvalue weighted by molar-refractivity contribution is 5.91. The van der Waals surface area contributed by atoms with Crippen molar-refractivity contribution in [2.24, 2.45) is 0 Å². The number of aryl methyl sites for hydroxylation is 3. The second-order valence-electron chi connectivity index (χ2n) is 7.43. The standard InChI is InChI=1S/C21H26N4O2/c1-15-6-7-18(27-15)8-9-21(26)22-17-10-12-25(13-11-17)20-14-16-4-2-3-5-19(16)23-24-20/h6-9,14,17H,2-5,10-13H2,1H3,(H,22,26)/b9-8+. The van der Waals surface area contributed by atoms with Crippen molar-refractivity contribution in [1.29, 1.82) is 0 Å². The van der Waals surface area contributed by atoms with Gasteiger partial charge in [0.1, 0.15) is 11.5 Å². The van der Waals surface area contributed by atoms with Gasteiger partial charge in [0.15, 0.2) is 5.82 Å². The van der Waals surface area contributed by atoms with E-state index < -0.39 is 0 Å². The van der Waals surface area contributed by atoms with Crippen molar-refractivity contribution in [1.82, 2.24) is 15.5 Å². The molecule has 1 N–H and O–H groups in total. The third-order valence-electron chi connectivity index (χ3n) is 5.38. The number of piperidine rings is 1. The molecule has 0 unspecified atom stereocenters. The Balaban J connectivity index is 1.28. The Morgan fingerprint density at radius 2 is 2.04 bits per heavy atom. The van der Waals surface area contributed by atoms with Gasteiger partial charge in [-0.25, -0.2) is 0 Å². The number of furan rings is 1. The summed E-state index contributed by atoms with van der Waals surface area (Å²) in [6.07, 6.45) is 9.72. The number of amides is 1. The van der Waals surface area contributed by atoms with Gasteiger partial charge in [0.2, 0.25) is 5.91 Å². The number of carbonyl (C=O) groups excluding carboxylic acids is 1. The lowest BCUT2D eigenvalue weighted by atomic mass is 9.96. The van der Waals surface area contributed by atoms with Gasteiger partial charge >= 0.3 is 0 Å². The summed E-state index contributed by atoms with van der Waals surface area (Å²) >= 11 is 0. The summed E-state index contributed by atoms with van der Waals surface area (Å²) in [6.45, 7) is 3.66. The van der Waals surface area contributed by atoms with Crippen LogP contribution in [0.15, 0.2) is 28.7 Å². The molecule has 1 fully saturated rings. The minimum atomic E-state index is -0.0731. The number of aromatic nitrogens is 2. The molecule has 6 heteroatoms. The molecular weight excluding hydrogens is 340 g/mol. The van der Waals surface area contributed by atoms with Crippen LogP contribution in [0.3, 0.4) is 0 Å². The number of nitrogens with zero attached hydrogens (tertiary/aromatic N) is 3. The molecular formula is C21H26N4O2. The Morgan fingerprint density at radius 1 is 1.22 bits per heavy atom. The number of hydrogen-bond donors (Lipinski definition) is 1. The van der Waals surface area contributed by atoms with Crippen LogP contribution < -0.4 is 10.2 Å². The van der Waals surface area contributed by atoms with E-state index in [0.29, 0.717) is 5.76 Å². The number of anilines is 1. The van der Waals surface area contributed by atoms with Crippen molar-refractivity contribution in [2.45, 2.75) is 51.5 Å². The first-order valence-corrected chi connectivity index (χ1v) is 9.83. The predicted octanol–water partition coefficient (Wildman–Crippen LogP) is 3.06. The molecule has 27 heavy (non-hydrogen) atoms. The zero-order chi connectivity index (χ0) is 18.6. The predicted molar refractivity (Wildman–Crippen MR) is 105 cm³/mol. The molecule has 1 aliphatic heterocycles. The Hall–Kier alpha value is -2.63. The van der Waals surface area contributed by atoms with Crippen LogP contribution in [0.5, 0.6) is 0 Å². The number of carbonyl (C=O) groups is 1. The Kier molecular flexibility index (Phi) is 5.23. The Morgan fingerprint density at radius 3 is 2.81 bits per heavy atom. The van der Waals surface area contributed by atoms with Crippen molar-refractivity contribution in [3.8, 4) is 0 Å². The second kappa shape index (κ2) is 7.94.